The van der Waals surface area contributed by atoms with Gasteiger partial charge in [-0.3, -0.25) is 9.59 Å². The Morgan fingerprint density at radius 1 is 1.18 bits per heavy atom. The van der Waals surface area contributed by atoms with Gasteiger partial charge in [0, 0.05) is 18.9 Å². The Labute approximate surface area is 127 Å². The summed E-state index contributed by atoms with van der Waals surface area (Å²) < 4.78 is 38.8. The highest BCUT2D eigenvalue weighted by Crippen LogP contribution is 2.33. The minimum atomic E-state index is -4.91. The van der Waals surface area contributed by atoms with Crippen molar-refractivity contribution in [3.8, 4) is 0 Å². The summed E-state index contributed by atoms with van der Waals surface area (Å²) in [6.45, 7) is 1.59. The van der Waals surface area contributed by atoms with E-state index in [-0.39, 0.29) is 31.5 Å². The first-order valence-electron chi connectivity index (χ1n) is 7.27. The van der Waals surface area contributed by atoms with Gasteiger partial charge in [-0.15, -0.1) is 0 Å². The van der Waals surface area contributed by atoms with Gasteiger partial charge in [0.1, 0.15) is 5.78 Å². The molecule has 0 heterocycles. The number of ketones is 1. The summed E-state index contributed by atoms with van der Waals surface area (Å²) in [6.07, 6.45) is -3.87. The monoisotopic (exact) mass is 313 g/mol. The fourth-order valence-corrected chi connectivity index (χ4v) is 2.90. The Morgan fingerprint density at radius 2 is 1.73 bits per heavy atom. The van der Waals surface area contributed by atoms with Gasteiger partial charge in [-0.2, -0.15) is 13.2 Å². The molecule has 0 aliphatic heterocycles. The Hall–Kier alpha value is -1.85. The van der Waals surface area contributed by atoms with Crippen molar-refractivity contribution in [2.75, 3.05) is 0 Å². The summed E-state index contributed by atoms with van der Waals surface area (Å²) in [4.78, 5) is 24.1. The van der Waals surface area contributed by atoms with Crippen molar-refractivity contribution in [2.24, 2.45) is 0 Å². The van der Waals surface area contributed by atoms with E-state index in [2.05, 4.69) is 0 Å². The number of halogens is 3. The highest BCUT2D eigenvalue weighted by molar-refractivity contribution is 5.83. The summed E-state index contributed by atoms with van der Waals surface area (Å²) >= 11 is 0. The van der Waals surface area contributed by atoms with Crippen molar-refractivity contribution in [2.45, 2.75) is 50.9 Å². The minimum Gasteiger partial charge on any atom is -0.325 e. The molecular formula is C16H18F3NO2. The van der Waals surface area contributed by atoms with E-state index in [1.807, 2.05) is 0 Å². The van der Waals surface area contributed by atoms with Crippen molar-refractivity contribution in [3.63, 3.8) is 0 Å². The van der Waals surface area contributed by atoms with E-state index in [0.29, 0.717) is 5.56 Å². The molecule has 0 bridgehead atoms. The summed E-state index contributed by atoms with van der Waals surface area (Å²) in [5.41, 5.74) is 0.650. The van der Waals surface area contributed by atoms with Gasteiger partial charge in [0.15, 0.2) is 0 Å². The third-order valence-corrected chi connectivity index (χ3v) is 4.08. The van der Waals surface area contributed by atoms with Crippen LogP contribution in [0.3, 0.4) is 0 Å². The fourth-order valence-electron chi connectivity index (χ4n) is 2.90. The quantitative estimate of drug-likeness (QED) is 0.854. The Kier molecular flexibility index (Phi) is 4.88. The standard InChI is InChI=1S/C16H18F3NO2/c1-11(12-5-3-2-4-6-12)20(15(22)16(17,18)19)13-7-9-14(21)10-8-13/h2-6,11,13H,7-10H2,1H3/t11-/m0/s1. The molecule has 1 aromatic rings. The lowest BCUT2D eigenvalue weighted by Crippen LogP contribution is -2.49. The minimum absolute atomic E-state index is 0.0445. The average molecular weight is 313 g/mol. The molecule has 0 saturated heterocycles. The van der Waals surface area contributed by atoms with Crippen LogP contribution in [0.15, 0.2) is 30.3 Å². The molecule has 22 heavy (non-hydrogen) atoms. The lowest BCUT2D eigenvalue weighted by Gasteiger charge is -2.38. The van der Waals surface area contributed by atoms with Crippen molar-refractivity contribution in [3.05, 3.63) is 35.9 Å². The maximum Gasteiger partial charge on any atom is 0.471 e. The molecule has 1 saturated carbocycles. The highest BCUT2D eigenvalue weighted by Gasteiger charge is 2.46. The maximum absolute atomic E-state index is 12.9. The zero-order valence-electron chi connectivity index (χ0n) is 12.3. The number of nitrogens with zero attached hydrogens (tertiary/aromatic N) is 1. The van der Waals surface area contributed by atoms with Crippen LogP contribution in [0, 0.1) is 0 Å². The van der Waals surface area contributed by atoms with Crippen LogP contribution in [0.25, 0.3) is 0 Å². The summed E-state index contributed by atoms with van der Waals surface area (Å²) in [5.74, 6) is -1.79. The SMILES string of the molecule is C[C@@H](c1ccccc1)N(C(=O)C(F)(F)F)C1CCC(=O)CC1. The topological polar surface area (TPSA) is 37.4 Å². The van der Waals surface area contributed by atoms with Gasteiger partial charge in [0.05, 0.1) is 6.04 Å². The first-order chi connectivity index (χ1) is 10.3. The van der Waals surface area contributed by atoms with Gasteiger partial charge in [-0.05, 0) is 25.3 Å². The van der Waals surface area contributed by atoms with Crippen LogP contribution < -0.4 is 0 Å². The number of hydrogen-bond acceptors (Lipinski definition) is 2. The highest BCUT2D eigenvalue weighted by atomic mass is 19.4. The van der Waals surface area contributed by atoms with Gasteiger partial charge < -0.3 is 4.90 Å². The van der Waals surface area contributed by atoms with E-state index in [1.165, 1.54) is 0 Å². The molecule has 1 fully saturated rings. The molecule has 1 aliphatic carbocycles. The third-order valence-electron chi connectivity index (χ3n) is 4.08. The predicted octanol–water partition coefficient (Wildman–Crippen LogP) is 3.65. The molecule has 0 N–H and O–H groups in total. The van der Waals surface area contributed by atoms with Crippen LogP contribution in [-0.2, 0) is 9.59 Å². The van der Waals surface area contributed by atoms with Gasteiger partial charge in [-0.1, -0.05) is 30.3 Å². The molecule has 0 radical (unpaired) electrons. The zero-order chi connectivity index (χ0) is 16.3. The summed E-state index contributed by atoms with van der Waals surface area (Å²) in [6, 6.07) is 7.39. The van der Waals surface area contributed by atoms with E-state index in [4.69, 9.17) is 0 Å². The molecule has 1 atom stereocenters. The van der Waals surface area contributed by atoms with E-state index in [0.717, 1.165) is 4.90 Å². The van der Waals surface area contributed by atoms with Crippen LogP contribution in [0.5, 0.6) is 0 Å². The Morgan fingerprint density at radius 3 is 2.23 bits per heavy atom. The third kappa shape index (κ3) is 3.67. The molecule has 1 aliphatic rings. The molecule has 0 aromatic heterocycles. The van der Waals surface area contributed by atoms with Gasteiger partial charge in [0.2, 0.25) is 0 Å². The van der Waals surface area contributed by atoms with Crippen LogP contribution in [0.2, 0.25) is 0 Å². The van der Waals surface area contributed by atoms with Crippen molar-refractivity contribution >= 4 is 11.7 Å². The van der Waals surface area contributed by atoms with E-state index >= 15 is 0 Å². The van der Waals surface area contributed by atoms with Crippen LogP contribution in [0.1, 0.15) is 44.2 Å². The second-order valence-corrected chi connectivity index (χ2v) is 5.57. The van der Waals surface area contributed by atoms with E-state index < -0.39 is 24.2 Å². The number of Topliss-reactive ketones (excluding diaryl/α,β-unsaturated/α-hetero) is 1. The molecule has 0 unspecified atom stereocenters. The number of carbonyl (C=O) groups is 2. The first-order valence-corrected chi connectivity index (χ1v) is 7.27. The largest absolute Gasteiger partial charge is 0.471 e. The Balaban J connectivity index is 2.29. The first kappa shape index (κ1) is 16.5. The average Bonchev–Trinajstić information content (AvgIpc) is 2.49. The second-order valence-electron chi connectivity index (χ2n) is 5.57. The molecule has 3 nitrogen and oxygen atoms in total. The number of benzene rings is 1. The molecular weight excluding hydrogens is 295 g/mol. The summed E-state index contributed by atoms with van der Waals surface area (Å²) in [7, 11) is 0. The van der Waals surface area contributed by atoms with Gasteiger partial charge >= 0.3 is 12.1 Å². The number of hydrogen-bond donors (Lipinski definition) is 0. The van der Waals surface area contributed by atoms with Crippen LogP contribution in [0.4, 0.5) is 13.2 Å². The van der Waals surface area contributed by atoms with Gasteiger partial charge in [-0.25, -0.2) is 0 Å². The number of amides is 1. The molecule has 2 rings (SSSR count). The van der Waals surface area contributed by atoms with Crippen LogP contribution in [-0.4, -0.2) is 28.8 Å². The molecule has 1 amide bonds. The number of carbonyl (C=O) groups excluding carboxylic acids is 2. The summed E-state index contributed by atoms with van der Waals surface area (Å²) in [5, 5.41) is 0. The second kappa shape index (κ2) is 6.50. The lowest BCUT2D eigenvalue weighted by atomic mass is 9.91. The normalized spacial score (nSPS) is 18.1. The number of rotatable bonds is 3. The van der Waals surface area contributed by atoms with Crippen molar-refractivity contribution < 1.29 is 22.8 Å². The Bertz CT molecular complexity index is 532. The van der Waals surface area contributed by atoms with Crippen molar-refractivity contribution in [1.82, 2.24) is 4.90 Å². The number of alkyl halides is 3. The lowest BCUT2D eigenvalue weighted by molar-refractivity contribution is -0.191. The van der Waals surface area contributed by atoms with E-state index in [9.17, 15) is 22.8 Å². The maximum atomic E-state index is 12.9. The zero-order valence-corrected chi connectivity index (χ0v) is 12.3. The molecule has 6 heteroatoms. The van der Waals surface area contributed by atoms with Gasteiger partial charge in [0.25, 0.3) is 0 Å². The molecule has 0 spiro atoms. The smallest absolute Gasteiger partial charge is 0.325 e. The van der Waals surface area contributed by atoms with E-state index in [1.54, 1.807) is 37.3 Å². The molecule has 120 valence electrons. The fraction of sp³-hybridized carbons (Fsp3) is 0.500. The predicted molar refractivity (Wildman–Crippen MR) is 75.0 cm³/mol. The van der Waals surface area contributed by atoms with Crippen molar-refractivity contribution in [1.29, 1.82) is 0 Å². The van der Waals surface area contributed by atoms with Crippen LogP contribution >= 0.6 is 0 Å². The molecule has 1 aromatic carbocycles.